The van der Waals surface area contributed by atoms with E-state index in [1.807, 2.05) is 17.5 Å². The van der Waals surface area contributed by atoms with Crippen molar-refractivity contribution in [1.82, 2.24) is 10.2 Å². The summed E-state index contributed by atoms with van der Waals surface area (Å²) in [5.41, 5.74) is 0. The van der Waals surface area contributed by atoms with Crippen molar-refractivity contribution < 1.29 is 9.59 Å². The van der Waals surface area contributed by atoms with Crippen LogP contribution < -0.4 is 5.32 Å². The molecule has 0 spiro atoms. The number of nitrogens with one attached hydrogen (secondary N) is 1. The first-order chi connectivity index (χ1) is 7.72. The van der Waals surface area contributed by atoms with Gasteiger partial charge in [0.2, 0.25) is 11.8 Å². The van der Waals surface area contributed by atoms with Gasteiger partial charge in [-0.3, -0.25) is 9.59 Å². The first kappa shape index (κ1) is 11.1. The molecule has 2 heterocycles. The van der Waals surface area contributed by atoms with Crippen molar-refractivity contribution in [2.75, 3.05) is 7.05 Å². The molecule has 1 aromatic rings. The normalized spacial score (nSPS) is 20.2. The Morgan fingerprint density at radius 1 is 1.69 bits per heavy atom. The Bertz CT molecular complexity index is 389. The molecule has 1 N–H and O–H groups in total. The average molecular weight is 238 g/mol. The number of likely N-dealkylation sites (tertiary alicyclic amines) is 1. The van der Waals surface area contributed by atoms with Crippen molar-refractivity contribution >= 4 is 23.2 Å². The highest BCUT2D eigenvalue weighted by atomic mass is 32.1. The van der Waals surface area contributed by atoms with E-state index in [-0.39, 0.29) is 17.9 Å². The fourth-order valence-electron chi connectivity index (χ4n) is 1.94. The van der Waals surface area contributed by atoms with Crippen LogP contribution >= 0.6 is 11.3 Å². The van der Waals surface area contributed by atoms with Crippen LogP contribution in [-0.2, 0) is 16.1 Å². The van der Waals surface area contributed by atoms with Gasteiger partial charge in [-0.05, 0) is 17.9 Å². The molecule has 1 saturated heterocycles. The zero-order valence-electron chi connectivity index (χ0n) is 9.10. The molecule has 0 aliphatic carbocycles. The standard InChI is InChI=1S/C11H14N2O2S/c1-12-11(15)9-4-5-10(14)13(9)7-8-3-2-6-16-8/h2-3,6,9H,4-5,7H2,1H3,(H,12,15)/t9-/m1/s1. The average Bonchev–Trinajstić information content (AvgIpc) is 2.90. The van der Waals surface area contributed by atoms with Crippen molar-refractivity contribution in [2.45, 2.75) is 25.4 Å². The molecular weight excluding hydrogens is 224 g/mol. The zero-order valence-corrected chi connectivity index (χ0v) is 9.92. The van der Waals surface area contributed by atoms with E-state index < -0.39 is 0 Å². The topological polar surface area (TPSA) is 49.4 Å². The SMILES string of the molecule is CNC(=O)[C@H]1CCC(=O)N1Cc1cccs1. The smallest absolute Gasteiger partial charge is 0.242 e. The van der Waals surface area contributed by atoms with Gasteiger partial charge >= 0.3 is 0 Å². The van der Waals surface area contributed by atoms with E-state index in [0.29, 0.717) is 19.4 Å². The number of carbonyl (C=O) groups is 2. The summed E-state index contributed by atoms with van der Waals surface area (Å²) in [7, 11) is 1.61. The van der Waals surface area contributed by atoms with Crippen LogP contribution in [0.1, 0.15) is 17.7 Å². The lowest BCUT2D eigenvalue weighted by atomic mass is 10.2. The van der Waals surface area contributed by atoms with Gasteiger partial charge in [-0.15, -0.1) is 11.3 Å². The predicted molar refractivity (Wildman–Crippen MR) is 62.0 cm³/mol. The third-order valence-electron chi connectivity index (χ3n) is 2.78. The number of likely N-dealkylation sites (N-methyl/N-ethyl adjacent to an activating group) is 1. The van der Waals surface area contributed by atoms with Gasteiger partial charge < -0.3 is 10.2 Å². The van der Waals surface area contributed by atoms with Gasteiger partial charge in [0, 0.05) is 18.3 Å². The van der Waals surface area contributed by atoms with Gasteiger partial charge in [-0.1, -0.05) is 6.07 Å². The Morgan fingerprint density at radius 3 is 3.12 bits per heavy atom. The number of amides is 2. The molecule has 0 unspecified atom stereocenters. The molecule has 86 valence electrons. The second-order valence-corrected chi connectivity index (χ2v) is 4.80. The van der Waals surface area contributed by atoms with Crippen molar-refractivity contribution in [3.63, 3.8) is 0 Å². The highest BCUT2D eigenvalue weighted by molar-refractivity contribution is 7.09. The summed E-state index contributed by atoms with van der Waals surface area (Å²) in [6, 6.07) is 3.65. The van der Waals surface area contributed by atoms with Gasteiger partial charge in [-0.25, -0.2) is 0 Å². The third-order valence-corrected chi connectivity index (χ3v) is 3.64. The van der Waals surface area contributed by atoms with Crippen LogP contribution in [0.25, 0.3) is 0 Å². The number of rotatable bonds is 3. The Morgan fingerprint density at radius 2 is 2.50 bits per heavy atom. The Kier molecular flexibility index (Phi) is 3.24. The fraction of sp³-hybridized carbons (Fsp3) is 0.455. The first-order valence-corrected chi connectivity index (χ1v) is 6.14. The molecule has 1 atom stereocenters. The number of thiophene rings is 1. The largest absolute Gasteiger partial charge is 0.357 e. The highest BCUT2D eigenvalue weighted by Gasteiger charge is 2.35. The molecule has 1 aliphatic rings. The molecular formula is C11H14N2O2S. The molecule has 2 amide bonds. The van der Waals surface area contributed by atoms with Crippen LogP contribution in [0.4, 0.5) is 0 Å². The summed E-state index contributed by atoms with van der Waals surface area (Å²) in [6.45, 7) is 0.550. The van der Waals surface area contributed by atoms with E-state index in [1.54, 1.807) is 23.3 Å². The van der Waals surface area contributed by atoms with Crippen LogP contribution in [0.5, 0.6) is 0 Å². The quantitative estimate of drug-likeness (QED) is 0.853. The number of hydrogen-bond donors (Lipinski definition) is 1. The lowest BCUT2D eigenvalue weighted by Gasteiger charge is -2.22. The Labute approximate surface area is 98.3 Å². The minimum atomic E-state index is -0.292. The highest BCUT2D eigenvalue weighted by Crippen LogP contribution is 2.23. The van der Waals surface area contributed by atoms with E-state index in [9.17, 15) is 9.59 Å². The van der Waals surface area contributed by atoms with E-state index in [1.165, 1.54) is 0 Å². The number of carbonyl (C=O) groups excluding carboxylic acids is 2. The lowest BCUT2D eigenvalue weighted by Crippen LogP contribution is -2.42. The van der Waals surface area contributed by atoms with Crippen LogP contribution in [-0.4, -0.2) is 29.8 Å². The first-order valence-electron chi connectivity index (χ1n) is 5.26. The predicted octanol–water partition coefficient (Wildman–Crippen LogP) is 0.985. The van der Waals surface area contributed by atoms with Gasteiger partial charge in [0.05, 0.1) is 6.54 Å². The zero-order chi connectivity index (χ0) is 11.5. The number of nitrogens with zero attached hydrogens (tertiary/aromatic N) is 1. The number of hydrogen-bond acceptors (Lipinski definition) is 3. The van der Waals surface area contributed by atoms with E-state index >= 15 is 0 Å². The maximum Gasteiger partial charge on any atom is 0.242 e. The molecule has 2 rings (SSSR count). The summed E-state index contributed by atoms with van der Waals surface area (Å²) in [5.74, 6) is 0.00408. The van der Waals surface area contributed by atoms with E-state index in [4.69, 9.17) is 0 Å². The molecule has 1 aliphatic heterocycles. The summed E-state index contributed by atoms with van der Waals surface area (Å²) in [6.07, 6.45) is 1.10. The molecule has 5 heteroatoms. The van der Waals surface area contributed by atoms with Crippen molar-refractivity contribution in [3.05, 3.63) is 22.4 Å². The van der Waals surface area contributed by atoms with E-state index in [2.05, 4.69) is 5.32 Å². The Balaban J connectivity index is 2.10. The third kappa shape index (κ3) is 2.09. The van der Waals surface area contributed by atoms with Crippen LogP contribution in [0.15, 0.2) is 17.5 Å². The molecule has 1 fully saturated rings. The van der Waals surface area contributed by atoms with Crippen molar-refractivity contribution in [2.24, 2.45) is 0 Å². The van der Waals surface area contributed by atoms with Gasteiger partial charge in [0.25, 0.3) is 0 Å². The van der Waals surface area contributed by atoms with Gasteiger partial charge in [-0.2, -0.15) is 0 Å². The maximum absolute atomic E-state index is 11.7. The minimum Gasteiger partial charge on any atom is -0.357 e. The van der Waals surface area contributed by atoms with Crippen LogP contribution in [0.2, 0.25) is 0 Å². The molecule has 0 aromatic carbocycles. The molecule has 0 bridgehead atoms. The summed E-state index contributed by atoms with van der Waals surface area (Å²) in [4.78, 5) is 26.1. The fourth-order valence-corrected chi connectivity index (χ4v) is 2.64. The van der Waals surface area contributed by atoms with Crippen molar-refractivity contribution in [3.8, 4) is 0 Å². The minimum absolute atomic E-state index is 0.0672. The van der Waals surface area contributed by atoms with Gasteiger partial charge in [0.15, 0.2) is 0 Å². The monoisotopic (exact) mass is 238 g/mol. The maximum atomic E-state index is 11.7. The summed E-state index contributed by atoms with van der Waals surface area (Å²) >= 11 is 1.61. The van der Waals surface area contributed by atoms with Crippen LogP contribution in [0.3, 0.4) is 0 Å². The molecule has 0 radical (unpaired) electrons. The Hall–Kier alpha value is -1.36. The second kappa shape index (κ2) is 4.65. The lowest BCUT2D eigenvalue weighted by molar-refractivity contribution is -0.135. The summed E-state index contributed by atoms with van der Waals surface area (Å²) < 4.78 is 0. The molecule has 1 aromatic heterocycles. The van der Waals surface area contributed by atoms with E-state index in [0.717, 1.165) is 4.88 Å². The second-order valence-electron chi connectivity index (χ2n) is 3.77. The van der Waals surface area contributed by atoms with Crippen molar-refractivity contribution in [1.29, 1.82) is 0 Å². The van der Waals surface area contributed by atoms with Gasteiger partial charge in [0.1, 0.15) is 6.04 Å². The molecule has 4 nitrogen and oxygen atoms in total. The van der Waals surface area contributed by atoms with Crippen LogP contribution in [0, 0.1) is 0 Å². The molecule has 0 saturated carbocycles. The molecule has 16 heavy (non-hydrogen) atoms. The summed E-state index contributed by atoms with van der Waals surface area (Å²) in [5, 5.41) is 4.58.